The summed E-state index contributed by atoms with van der Waals surface area (Å²) in [6.07, 6.45) is -4.40. The maximum atomic E-state index is 12.7. The normalized spacial score (nSPS) is 11.8. The topological polar surface area (TPSA) is 12.9 Å². The second-order valence-corrected chi connectivity index (χ2v) is 4.22. The minimum atomic E-state index is -4.40. The fraction of sp³-hybridized carbons (Fsp3) is 0.100. The molecule has 6 heteroatoms. The number of benzene rings is 1. The van der Waals surface area contributed by atoms with E-state index >= 15 is 0 Å². The quantitative estimate of drug-likeness (QED) is 0.739. The van der Waals surface area contributed by atoms with Crippen LogP contribution in [0.5, 0.6) is 0 Å². The second-order valence-electron chi connectivity index (χ2n) is 3.06. The van der Waals surface area contributed by atoms with Crippen LogP contribution in [0.25, 0.3) is 11.3 Å². The van der Waals surface area contributed by atoms with Gasteiger partial charge in [0, 0.05) is 16.0 Å². The molecule has 1 aromatic heterocycles. The molecule has 1 heterocycles. The third kappa shape index (κ3) is 2.20. The summed E-state index contributed by atoms with van der Waals surface area (Å²) in [5, 5.41) is 1.82. The molecule has 0 amide bonds. The van der Waals surface area contributed by atoms with Crippen molar-refractivity contribution in [1.29, 1.82) is 0 Å². The second kappa shape index (κ2) is 4.07. The Balaban J connectivity index is 2.63. The largest absolute Gasteiger partial charge is 0.417 e. The smallest absolute Gasteiger partial charge is 0.245 e. The van der Waals surface area contributed by atoms with Crippen molar-refractivity contribution in [2.45, 2.75) is 6.18 Å². The highest BCUT2D eigenvalue weighted by molar-refractivity contribution is 7.07. The number of aromatic nitrogens is 1. The molecule has 0 spiro atoms. The fourth-order valence-corrected chi connectivity index (χ4v) is 2.05. The summed E-state index contributed by atoms with van der Waals surface area (Å²) < 4.78 is 38.1. The lowest BCUT2D eigenvalue weighted by Crippen LogP contribution is -2.07. The number of nitrogens with zero attached hydrogens (tertiary/aromatic N) is 1. The predicted molar refractivity (Wildman–Crippen MR) is 57.6 cm³/mol. The Morgan fingerprint density at radius 2 is 2.00 bits per heavy atom. The first-order chi connectivity index (χ1) is 7.48. The van der Waals surface area contributed by atoms with Crippen LogP contribution in [0.3, 0.4) is 0 Å². The van der Waals surface area contributed by atoms with Crippen LogP contribution in [-0.2, 0) is 6.18 Å². The minimum Gasteiger partial charge on any atom is -0.245 e. The van der Waals surface area contributed by atoms with Crippen molar-refractivity contribution < 1.29 is 13.2 Å². The minimum absolute atomic E-state index is 0.0150. The highest BCUT2D eigenvalue weighted by atomic mass is 35.5. The molecule has 1 aromatic carbocycles. The molecule has 2 rings (SSSR count). The molecule has 0 saturated heterocycles. The van der Waals surface area contributed by atoms with E-state index in [2.05, 4.69) is 4.98 Å². The van der Waals surface area contributed by atoms with E-state index in [0.29, 0.717) is 5.69 Å². The molecule has 0 N–H and O–H groups in total. The van der Waals surface area contributed by atoms with Gasteiger partial charge in [0.25, 0.3) is 0 Å². The van der Waals surface area contributed by atoms with Gasteiger partial charge in [-0.1, -0.05) is 11.6 Å². The molecule has 16 heavy (non-hydrogen) atoms. The average Bonchev–Trinajstić information content (AvgIpc) is 2.68. The molecular formula is C10H5ClF3NS. The van der Waals surface area contributed by atoms with E-state index in [1.54, 1.807) is 5.38 Å². The maximum Gasteiger partial charge on any atom is 0.417 e. The molecule has 0 radical (unpaired) electrons. The van der Waals surface area contributed by atoms with Gasteiger partial charge in [0.05, 0.1) is 16.8 Å². The first-order valence-corrected chi connectivity index (χ1v) is 5.56. The van der Waals surface area contributed by atoms with Crippen molar-refractivity contribution in [3.8, 4) is 11.3 Å². The Morgan fingerprint density at radius 1 is 1.25 bits per heavy atom. The first-order valence-electron chi connectivity index (χ1n) is 4.24. The van der Waals surface area contributed by atoms with Gasteiger partial charge >= 0.3 is 6.18 Å². The molecule has 0 aliphatic rings. The van der Waals surface area contributed by atoms with Gasteiger partial charge in [0.2, 0.25) is 0 Å². The third-order valence-corrected chi connectivity index (χ3v) is 2.82. The number of hydrogen-bond donors (Lipinski definition) is 0. The molecule has 0 atom stereocenters. The number of halogens is 4. The lowest BCUT2D eigenvalue weighted by Gasteiger charge is -2.11. The number of rotatable bonds is 1. The third-order valence-electron chi connectivity index (χ3n) is 2.00. The lowest BCUT2D eigenvalue weighted by molar-refractivity contribution is -0.137. The Morgan fingerprint density at radius 3 is 2.56 bits per heavy atom. The zero-order chi connectivity index (χ0) is 11.8. The van der Waals surface area contributed by atoms with Gasteiger partial charge < -0.3 is 0 Å². The van der Waals surface area contributed by atoms with Gasteiger partial charge in [0.15, 0.2) is 0 Å². The Hall–Kier alpha value is -1.07. The lowest BCUT2D eigenvalue weighted by atomic mass is 10.1. The first kappa shape index (κ1) is 11.4. The van der Waals surface area contributed by atoms with Crippen molar-refractivity contribution >= 4 is 22.9 Å². The summed E-state index contributed by atoms with van der Waals surface area (Å²) in [6, 6.07) is 3.47. The molecule has 0 aliphatic carbocycles. The van der Waals surface area contributed by atoms with E-state index in [4.69, 9.17) is 11.6 Å². The van der Waals surface area contributed by atoms with Crippen molar-refractivity contribution in [2.75, 3.05) is 0 Å². The standard InChI is InChI=1S/C10H5ClF3NS/c11-6-1-2-8(10(12,13)14)7(3-6)9-4-16-5-15-9/h1-5H. The Labute approximate surface area is 98.5 Å². The highest BCUT2D eigenvalue weighted by Crippen LogP contribution is 2.38. The van der Waals surface area contributed by atoms with Crippen LogP contribution in [-0.4, -0.2) is 4.98 Å². The van der Waals surface area contributed by atoms with E-state index in [-0.39, 0.29) is 10.6 Å². The molecule has 2 aromatic rings. The van der Waals surface area contributed by atoms with E-state index in [1.807, 2.05) is 0 Å². The van der Waals surface area contributed by atoms with E-state index in [1.165, 1.54) is 29.0 Å². The van der Waals surface area contributed by atoms with Gasteiger partial charge in [-0.25, -0.2) is 4.98 Å². The fourth-order valence-electron chi connectivity index (χ4n) is 1.32. The van der Waals surface area contributed by atoms with Crippen LogP contribution in [0, 0.1) is 0 Å². The molecule has 0 aliphatic heterocycles. The SMILES string of the molecule is FC(F)(F)c1ccc(Cl)cc1-c1cscn1. The molecule has 0 saturated carbocycles. The zero-order valence-electron chi connectivity index (χ0n) is 7.75. The summed E-state index contributed by atoms with van der Waals surface area (Å²) in [7, 11) is 0. The summed E-state index contributed by atoms with van der Waals surface area (Å²) >= 11 is 6.93. The number of thiazole rings is 1. The van der Waals surface area contributed by atoms with Gasteiger partial charge in [-0.2, -0.15) is 13.2 Å². The molecule has 84 valence electrons. The van der Waals surface area contributed by atoms with Crippen LogP contribution in [0.15, 0.2) is 29.1 Å². The van der Waals surface area contributed by atoms with Crippen LogP contribution >= 0.6 is 22.9 Å². The van der Waals surface area contributed by atoms with Gasteiger partial charge in [-0.05, 0) is 18.2 Å². The van der Waals surface area contributed by atoms with Crippen molar-refractivity contribution in [3.05, 3.63) is 39.7 Å². The van der Waals surface area contributed by atoms with E-state index < -0.39 is 11.7 Å². The molecule has 0 unspecified atom stereocenters. The van der Waals surface area contributed by atoms with Gasteiger partial charge in [-0.3, -0.25) is 0 Å². The van der Waals surface area contributed by atoms with E-state index in [9.17, 15) is 13.2 Å². The molecular weight excluding hydrogens is 259 g/mol. The van der Waals surface area contributed by atoms with Crippen molar-refractivity contribution in [1.82, 2.24) is 4.98 Å². The van der Waals surface area contributed by atoms with E-state index in [0.717, 1.165) is 6.07 Å². The number of alkyl halides is 3. The van der Waals surface area contributed by atoms with Crippen LogP contribution in [0.1, 0.15) is 5.56 Å². The average molecular weight is 264 g/mol. The number of hydrogen-bond acceptors (Lipinski definition) is 2. The zero-order valence-corrected chi connectivity index (χ0v) is 9.33. The van der Waals surface area contributed by atoms with Crippen molar-refractivity contribution in [3.63, 3.8) is 0 Å². The summed E-state index contributed by atoms with van der Waals surface area (Å²) in [4.78, 5) is 3.86. The summed E-state index contributed by atoms with van der Waals surface area (Å²) in [5.41, 5.74) is 1.07. The Kier molecular flexibility index (Phi) is 2.90. The highest BCUT2D eigenvalue weighted by Gasteiger charge is 2.34. The summed E-state index contributed by atoms with van der Waals surface area (Å²) in [5.74, 6) is 0. The predicted octanol–water partition coefficient (Wildman–Crippen LogP) is 4.48. The molecule has 0 bridgehead atoms. The van der Waals surface area contributed by atoms with Gasteiger partial charge in [0.1, 0.15) is 0 Å². The molecule has 0 fully saturated rings. The Bertz CT molecular complexity index is 493. The van der Waals surface area contributed by atoms with Crippen LogP contribution in [0.2, 0.25) is 5.02 Å². The van der Waals surface area contributed by atoms with Crippen LogP contribution in [0.4, 0.5) is 13.2 Å². The van der Waals surface area contributed by atoms with Gasteiger partial charge in [-0.15, -0.1) is 11.3 Å². The van der Waals surface area contributed by atoms with Crippen molar-refractivity contribution in [2.24, 2.45) is 0 Å². The summed E-state index contributed by atoms with van der Waals surface area (Å²) in [6.45, 7) is 0. The van der Waals surface area contributed by atoms with Crippen LogP contribution < -0.4 is 0 Å². The monoisotopic (exact) mass is 263 g/mol. The maximum absolute atomic E-state index is 12.7. The molecule has 1 nitrogen and oxygen atoms in total.